The van der Waals surface area contributed by atoms with Crippen LogP contribution in [0.2, 0.25) is 0 Å². The number of methoxy groups -OCH3 is 1. The molecule has 0 aliphatic heterocycles. The smallest absolute Gasteiger partial charge is 0.287 e. The lowest BCUT2D eigenvalue weighted by atomic mass is 10.3. The molecule has 0 bridgehead atoms. The first-order valence-corrected chi connectivity index (χ1v) is 7.38. The molecular weight excluding hydrogens is 282 g/mol. The van der Waals surface area contributed by atoms with E-state index < -0.39 is 0 Å². The maximum Gasteiger partial charge on any atom is 0.287 e. The van der Waals surface area contributed by atoms with Crippen molar-refractivity contribution >= 4 is 5.91 Å². The molecule has 5 heteroatoms. The Bertz CT molecular complexity index is 646. The molecule has 5 nitrogen and oxygen atoms in total. The van der Waals surface area contributed by atoms with E-state index in [1.54, 1.807) is 25.3 Å². The molecule has 116 valence electrons. The number of ether oxygens (including phenoxy) is 2. The van der Waals surface area contributed by atoms with E-state index in [0.717, 1.165) is 12.3 Å². The molecule has 1 heterocycles. The zero-order chi connectivity index (χ0) is 15.4. The van der Waals surface area contributed by atoms with Crippen LogP contribution in [0.3, 0.4) is 0 Å². The van der Waals surface area contributed by atoms with Crippen molar-refractivity contribution in [2.75, 3.05) is 13.7 Å². The van der Waals surface area contributed by atoms with Gasteiger partial charge in [0.1, 0.15) is 23.9 Å². The van der Waals surface area contributed by atoms with Gasteiger partial charge in [0.25, 0.3) is 5.91 Å². The van der Waals surface area contributed by atoms with Crippen molar-refractivity contribution in [3.8, 4) is 11.5 Å². The van der Waals surface area contributed by atoms with Crippen LogP contribution < -0.4 is 14.8 Å². The molecule has 3 rings (SSSR count). The first-order chi connectivity index (χ1) is 10.7. The van der Waals surface area contributed by atoms with Crippen molar-refractivity contribution in [3.63, 3.8) is 0 Å². The Morgan fingerprint density at radius 3 is 2.86 bits per heavy atom. The summed E-state index contributed by atoms with van der Waals surface area (Å²) in [7, 11) is 1.61. The van der Waals surface area contributed by atoms with Crippen molar-refractivity contribution in [1.82, 2.24) is 5.32 Å². The van der Waals surface area contributed by atoms with Gasteiger partial charge in [0, 0.05) is 12.6 Å². The Labute approximate surface area is 129 Å². The molecule has 2 aromatic rings. The van der Waals surface area contributed by atoms with Gasteiger partial charge >= 0.3 is 0 Å². The molecule has 1 saturated carbocycles. The Balaban J connectivity index is 1.53. The van der Waals surface area contributed by atoms with Crippen molar-refractivity contribution in [2.45, 2.75) is 19.4 Å². The fourth-order valence-corrected chi connectivity index (χ4v) is 2.07. The Morgan fingerprint density at radius 2 is 2.09 bits per heavy atom. The SMILES string of the molecule is COc1cccc(OCc2ccc(C(=O)NCC3CC3)o2)c1. The highest BCUT2D eigenvalue weighted by atomic mass is 16.5. The summed E-state index contributed by atoms with van der Waals surface area (Å²) in [4.78, 5) is 11.9. The van der Waals surface area contributed by atoms with Crippen LogP contribution in [0.25, 0.3) is 0 Å². The Kier molecular flexibility index (Phi) is 4.32. The number of rotatable bonds is 7. The van der Waals surface area contributed by atoms with Gasteiger partial charge < -0.3 is 19.2 Å². The van der Waals surface area contributed by atoms with Gasteiger partial charge in [0.05, 0.1) is 7.11 Å². The summed E-state index contributed by atoms with van der Waals surface area (Å²) in [5, 5.41) is 2.87. The maximum absolute atomic E-state index is 11.9. The predicted molar refractivity (Wildman–Crippen MR) is 81.1 cm³/mol. The fourth-order valence-electron chi connectivity index (χ4n) is 2.07. The summed E-state index contributed by atoms with van der Waals surface area (Å²) in [6.45, 7) is 0.998. The van der Waals surface area contributed by atoms with Crippen LogP contribution in [0.1, 0.15) is 29.2 Å². The van der Waals surface area contributed by atoms with E-state index in [0.29, 0.717) is 23.2 Å². The average molecular weight is 301 g/mol. The lowest BCUT2D eigenvalue weighted by molar-refractivity contribution is 0.0920. The average Bonchev–Trinajstić information content (AvgIpc) is 3.26. The predicted octanol–water partition coefficient (Wildman–Crippen LogP) is 3.01. The van der Waals surface area contributed by atoms with Crippen LogP contribution >= 0.6 is 0 Å². The van der Waals surface area contributed by atoms with E-state index >= 15 is 0 Å². The van der Waals surface area contributed by atoms with Gasteiger partial charge in [-0.3, -0.25) is 4.79 Å². The molecular formula is C17H19NO4. The lowest BCUT2D eigenvalue weighted by Gasteiger charge is -2.06. The van der Waals surface area contributed by atoms with Crippen LogP contribution in [-0.2, 0) is 6.61 Å². The second-order valence-corrected chi connectivity index (χ2v) is 5.39. The number of benzene rings is 1. The second kappa shape index (κ2) is 6.56. The highest BCUT2D eigenvalue weighted by molar-refractivity contribution is 5.91. The zero-order valence-corrected chi connectivity index (χ0v) is 12.5. The summed E-state index contributed by atoms with van der Waals surface area (Å²) in [5.41, 5.74) is 0. The van der Waals surface area contributed by atoms with E-state index in [1.165, 1.54) is 12.8 Å². The van der Waals surface area contributed by atoms with Crippen molar-refractivity contribution in [3.05, 3.63) is 47.9 Å². The third kappa shape index (κ3) is 3.81. The maximum atomic E-state index is 11.9. The molecule has 1 aliphatic rings. The molecule has 1 aromatic carbocycles. The first kappa shape index (κ1) is 14.5. The zero-order valence-electron chi connectivity index (χ0n) is 12.5. The van der Waals surface area contributed by atoms with Crippen LogP contribution in [0.4, 0.5) is 0 Å². The number of nitrogens with one attached hydrogen (secondary N) is 1. The Hall–Kier alpha value is -2.43. The number of hydrogen-bond acceptors (Lipinski definition) is 4. The third-order valence-corrected chi connectivity index (χ3v) is 3.56. The van der Waals surface area contributed by atoms with E-state index in [9.17, 15) is 4.79 Å². The van der Waals surface area contributed by atoms with Crippen LogP contribution in [0, 0.1) is 5.92 Å². The largest absolute Gasteiger partial charge is 0.497 e. The molecule has 0 unspecified atom stereocenters. The van der Waals surface area contributed by atoms with Gasteiger partial charge in [-0.1, -0.05) is 6.07 Å². The third-order valence-electron chi connectivity index (χ3n) is 3.56. The second-order valence-electron chi connectivity index (χ2n) is 5.39. The monoisotopic (exact) mass is 301 g/mol. The van der Waals surface area contributed by atoms with Gasteiger partial charge in [-0.05, 0) is 43.0 Å². The van der Waals surface area contributed by atoms with Crippen molar-refractivity contribution < 1.29 is 18.7 Å². The van der Waals surface area contributed by atoms with Gasteiger partial charge in [0.2, 0.25) is 0 Å². The van der Waals surface area contributed by atoms with Gasteiger partial charge in [0.15, 0.2) is 5.76 Å². The van der Waals surface area contributed by atoms with Crippen molar-refractivity contribution in [2.24, 2.45) is 5.92 Å². The standard InChI is InChI=1S/C17H19NO4/c1-20-13-3-2-4-14(9-13)21-11-15-7-8-16(22-15)17(19)18-10-12-5-6-12/h2-4,7-9,12H,5-6,10-11H2,1H3,(H,18,19). The summed E-state index contributed by atoms with van der Waals surface area (Å²) < 4.78 is 16.3. The van der Waals surface area contributed by atoms with Crippen LogP contribution in [-0.4, -0.2) is 19.6 Å². The summed E-state index contributed by atoms with van der Waals surface area (Å²) in [6, 6.07) is 10.8. The molecule has 1 aromatic heterocycles. The molecule has 1 fully saturated rings. The Morgan fingerprint density at radius 1 is 1.27 bits per heavy atom. The molecule has 0 saturated heterocycles. The summed E-state index contributed by atoms with van der Waals surface area (Å²) in [5.74, 6) is 2.84. The highest BCUT2D eigenvalue weighted by Crippen LogP contribution is 2.27. The van der Waals surface area contributed by atoms with Gasteiger partial charge in [-0.2, -0.15) is 0 Å². The molecule has 1 amide bonds. The fraction of sp³-hybridized carbons (Fsp3) is 0.353. The molecule has 22 heavy (non-hydrogen) atoms. The number of furan rings is 1. The van der Waals surface area contributed by atoms with E-state index in [2.05, 4.69) is 5.32 Å². The number of carbonyl (C=O) groups is 1. The summed E-state index contributed by atoms with van der Waals surface area (Å²) >= 11 is 0. The molecule has 0 radical (unpaired) electrons. The van der Waals surface area contributed by atoms with Crippen LogP contribution in [0.15, 0.2) is 40.8 Å². The number of amides is 1. The van der Waals surface area contributed by atoms with Crippen LogP contribution in [0.5, 0.6) is 11.5 Å². The van der Waals surface area contributed by atoms with Gasteiger partial charge in [-0.25, -0.2) is 0 Å². The first-order valence-electron chi connectivity index (χ1n) is 7.38. The quantitative estimate of drug-likeness (QED) is 0.854. The molecule has 1 N–H and O–H groups in total. The van der Waals surface area contributed by atoms with E-state index in [4.69, 9.17) is 13.9 Å². The normalized spacial score (nSPS) is 13.7. The van der Waals surface area contributed by atoms with E-state index in [-0.39, 0.29) is 12.5 Å². The van der Waals surface area contributed by atoms with E-state index in [1.807, 2.05) is 18.2 Å². The highest BCUT2D eigenvalue weighted by Gasteiger charge is 2.22. The minimum Gasteiger partial charge on any atom is -0.497 e. The van der Waals surface area contributed by atoms with Crippen molar-refractivity contribution in [1.29, 1.82) is 0 Å². The molecule has 0 spiro atoms. The number of carbonyl (C=O) groups excluding carboxylic acids is 1. The summed E-state index contributed by atoms with van der Waals surface area (Å²) in [6.07, 6.45) is 2.41. The number of hydrogen-bond donors (Lipinski definition) is 1. The minimum atomic E-state index is -0.167. The molecule has 1 aliphatic carbocycles. The van der Waals surface area contributed by atoms with Gasteiger partial charge in [-0.15, -0.1) is 0 Å². The minimum absolute atomic E-state index is 0.167. The lowest BCUT2D eigenvalue weighted by Crippen LogP contribution is -2.24. The topological polar surface area (TPSA) is 60.7 Å². The molecule has 0 atom stereocenters.